The van der Waals surface area contributed by atoms with Crippen molar-refractivity contribution < 1.29 is 9.26 Å². The molecule has 6 heteroatoms. The third-order valence-electron chi connectivity index (χ3n) is 4.18. The zero-order valence-corrected chi connectivity index (χ0v) is 16.0. The number of hydrogen-bond donors (Lipinski definition) is 0. The Labute approximate surface area is 158 Å². The third kappa shape index (κ3) is 4.42. The van der Waals surface area contributed by atoms with E-state index in [9.17, 15) is 0 Å². The Kier molecular flexibility index (Phi) is 5.91. The predicted octanol–water partition coefficient (Wildman–Crippen LogP) is 4.59. The Bertz CT molecular complexity index is 862. The second-order valence-electron chi connectivity index (χ2n) is 6.19. The summed E-state index contributed by atoms with van der Waals surface area (Å²) in [6, 6.07) is 13.8. The van der Waals surface area contributed by atoms with Gasteiger partial charge >= 0.3 is 0 Å². The molecule has 0 aliphatic carbocycles. The predicted molar refractivity (Wildman–Crippen MR) is 102 cm³/mol. The van der Waals surface area contributed by atoms with Gasteiger partial charge in [-0.1, -0.05) is 47.9 Å². The van der Waals surface area contributed by atoms with Gasteiger partial charge in [-0.25, -0.2) is 0 Å². The van der Waals surface area contributed by atoms with Gasteiger partial charge in [-0.15, -0.1) is 0 Å². The van der Waals surface area contributed by atoms with Crippen molar-refractivity contribution in [3.8, 4) is 17.1 Å². The average molecular weight is 372 g/mol. The van der Waals surface area contributed by atoms with Gasteiger partial charge in [-0.2, -0.15) is 4.98 Å². The number of ether oxygens (including phenoxy) is 1. The Balaban J connectivity index is 1.67. The van der Waals surface area contributed by atoms with E-state index in [0.717, 1.165) is 23.3 Å². The van der Waals surface area contributed by atoms with E-state index in [1.165, 1.54) is 5.56 Å². The van der Waals surface area contributed by atoms with Gasteiger partial charge in [-0.3, -0.25) is 4.90 Å². The molecule has 1 heterocycles. The minimum atomic E-state index is 0.537. The lowest BCUT2D eigenvalue weighted by atomic mass is 10.1. The first-order valence-electron chi connectivity index (χ1n) is 8.52. The summed E-state index contributed by atoms with van der Waals surface area (Å²) in [5.74, 6) is 1.99. The van der Waals surface area contributed by atoms with Crippen molar-refractivity contribution in [3.63, 3.8) is 0 Å². The van der Waals surface area contributed by atoms with Crippen LogP contribution < -0.4 is 4.74 Å². The quantitative estimate of drug-likeness (QED) is 0.607. The van der Waals surface area contributed by atoms with E-state index >= 15 is 0 Å². The average Bonchev–Trinajstić information content (AvgIpc) is 3.10. The zero-order valence-electron chi connectivity index (χ0n) is 15.2. The normalized spacial score (nSPS) is 11.1. The van der Waals surface area contributed by atoms with Gasteiger partial charge in [-0.05, 0) is 37.2 Å². The summed E-state index contributed by atoms with van der Waals surface area (Å²) in [5.41, 5.74) is 3.25. The van der Waals surface area contributed by atoms with Crippen LogP contribution >= 0.6 is 11.6 Å². The van der Waals surface area contributed by atoms with Gasteiger partial charge in [0.15, 0.2) is 0 Å². The standard InChI is InChI=1S/C20H22ClN3O2/c1-4-14-5-7-15(8-6-14)20-22-19(26-23-20)13-24(2)12-16-11-17(21)9-10-18(16)25-3/h5-11H,4,12-13H2,1-3H3. The van der Waals surface area contributed by atoms with E-state index < -0.39 is 0 Å². The summed E-state index contributed by atoms with van der Waals surface area (Å²) in [6.07, 6.45) is 1.01. The summed E-state index contributed by atoms with van der Waals surface area (Å²) in [6.45, 7) is 3.33. The molecule has 0 bridgehead atoms. The molecule has 26 heavy (non-hydrogen) atoms. The molecule has 0 saturated heterocycles. The molecule has 0 atom stereocenters. The number of halogens is 1. The molecule has 0 unspecified atom stereocenters. The number of aryl methyl sites for hydroxylation is 1. The molecule has 3 rings (SSSR count). The Morgan fingerprint density at radius 1 is 1.12 bits per heavy atom. The maximum atomic E-state index is 6.10. The van der Waals surface area contributed by atoms with Crippen LogP contribution in [0.5, 0.6) is 5.75 Å². The number of rotatable bonds is 7. The van der Waals surface area contributed by atoms with Gasteiger partial charge in [0, 0.05) is 22.7 Å². The topological polar surface area (TPSA) is 51.4 Å². The van der Waals surface area contributed by atoms with Crippen molar-refractivity contribution in [3.05, 3.63) is 64.5 Å². The fourth-order valence-electron chi connectivity index (χ4n) is 2.77. The second-order valence-corrected chi connectivity index (χ2v) is 6.63. The van der Waals surface area contributed by atoms with Crippen molar-refractivity contribution in [2.45, 2.75) is 26.4 Å². The number of benzene rings is 2. The minimum absolute atomic E-state index is 0.537. The van der Waals surface area contributed by atoms with Crippen molar-refractivity contribution in [1.82, 2.24) is 15.0 Å². The summed E-state index contributed by atoms with van der Waals surface area (Å²) >= 11 is 6.10. The molecule has 0 aliphatic heterocycles. The minimum Gasteiger partial charge on any atom is -0.496 e. The highest BCUT2D eigenvalue weighted by molar-refractivity contribution is 6.30. The lowest BCUT2D eigenvalue weighted by Gasteiger charge is -2.16. The second kappa shape index (κ2) is 8.34. The molecular formula is C20H22ClN3O2. The summed E-state index contributed by atoms with van der Waals surface area (Å²) in [7, 11) is 3.64. The maximum Gasteiger partial charge on any atom is 0.241 e. The third-order valence-corrected chi connectivity index (χ3v) is 4.41. The van der Waals surface area contributed by atoms with E-state index in [4.69, 9.17) is 20.9 Å². The van der Waals surface area contributed by atoms with Crippen LogP contribution in [0.15, 0.2) is 47.0 Å². The lowest BCUT2D eigenvalue weighted by molar-refractivity contribution is 0.257. The summed E-state index contributed by atoms with van der Waals surface area (Å²) < 4.78 is 10.8. The summed E-state index contributed by atoms with van der Waals surface area (Å²) in [5, 5.41) is 4.78. The first-order valence-corrected chi connectivity index (χ1v) is 8.89. The van der Waals surface area contributed by atoms with E-state index in [1.807, 2.05) is 37.4 Å². The van der Waals surface area contributed by atoms with E-state index in [1.54, 1.807) is 7.11 Å². The fraction of sp³-hybridized carbons (Fsp3) is 0.300. The van der Waals surface area contributed by atoms with Crippen LogP contribution in [0.4, 0.5) is 0 Å². The molecular weight excluding hydrogens is 350 g/mol. The molecule has 1 aromatic heterocycles. The first-order chi connectivity index (χ1) is 12.6. The van der Waals surface area contributed by atoms with Crippen LogP contribution in [0.3, 0.4) is 0 Å². The van der Waals surface area contributed by atoms with Crippen LogP contribution in [0.2, 0.25) is 5.02 Å². The van der Waals surface area contributed by atoms with Crippen LogP contribution in [-0.4, -0.2) is 29.2 Å². The van der Waals surface area contributed by atoms with E-state index in [2.05, 4.69) is 34.1 Å². The molecule has 0 spiro atoms. The molecule has 0 saturated carbocycles. The van der Waals surface area contributed by atoms with Crippen LogP contribution in [0.1, 0.15) is 23.9 Å². The summed E-state index contributed by atoms with van der Waals surface area (Å²) in [4.78, 5) is 6.58. The SMILES string of the molecule is CCc1ccc(-c2noc(CN(C)Cc3cc(Cl)ccc3OC)n2)cc1. The van der Waals surface area contributed by atoms with Crippen molar-refractivity contribution >= 4 is 11.6 Å². The molecule has 2 aromatic carbocycles. The lowest BCUT2D eigenvalue weighted by Crippen LogP contribution is -2.18. The number of nitrogens with zero attached hydrogens (tertiary/aromatic N) is 3. The fourth-order valence-corrected chi connectivity index (χ4v) is 2.97. The molecule has 0 radical (unpaired) electrons. The first kappa shape index (κ1) is 18.4. The monoisotopic (exact) mass is 371 g/mol. The maximum absolute atomic E-state index is 6.10. The van der Waals surface area contributed by atoms with E-state index in [0.29, 0.717) is 29.8 Å². The largest absolute Gasteiger partial charge is 0.496 e. The van der Waals surface area contributed by atoms with Gasteiger partial charge in [0.2, 0.25) is 11.7 Å². The molecule has 136 valence electrons. The van der Waals surface area contributed by atoms with Crippen molar-refractivity contribution in [2.24, 2.45) is 0 Å². The van der Waals surface area contributed by atoms with Gasteiger partial charge < -0.3 is 9.26 Å². The molecule has 0 aliphatic rings. The molecule has 0 fully saturated rings. The Morgan fingerprint density at radius 2 is 1.88 bits per heavy atom. The van der Waals surface area contributed by atoms with Gasteiger partial charge in [0.05, 0.1) is 13.7 Å². The smallest absolute Gasteiger partial charge is 0.241 e. The van der Waals surface area contributed by atoms with Gasteiger partial charge in [0.1, 0.15) is 5.75 Å². The molecule has 5 nitrogen and oxygen atoms in total. The molecule has 0 amide bonds. The van der Waals surface area contributed by atoms with Crippen LogP contribution in [0.25, 0.3) is 11.4 Å². The van der Waals surface area contributed by atoms with Crippen LogP contribution in [0, 0.1) is 0 Å². The van der Waals surface area contributed by atoms with Gasteiger partial charge in [0.25, 0.3) is 0 Å². The Hall–Kier alpha value is -2.37. The Morgan fingerprint density at radius 3 is 2.58 bits per heavy atom. The zero-order chi connectivity index (χ0) is 18.5. The molecule has 3 aromatic rings. The van der Waals surface area contributed by atoms with Crippen molar-refractivity contribution in [1.29, 1.82) is 0 Å². The number of methoxy groups -OCH3 is 1. The molecule has 0 N–H and O–H groups in total. The highest BCUT2D eigenvalue weighted by Crippen LogP contribution is 2.24. The highest BCUT2D eigenvalue weighted by atomic mass is 35.5. The number of hydrogen-bond acceptors (Lipinski definition) is 5. The van der Waals surface area contributed by atoms with Crippen LogP contribution in [-0.2, 0) is 19.5 Å². The van der Waals surface area contributed by atoms with E-state index in [-0.39, 0.29) is 0 Å². The van der Waals surface area contributed by atoms with Crippen molar-refractivity contribution in [2.75, 3.05) is 14.2 Å². The number of aromatic nitrogens is 2. The highest BCUT2D eigenvalue weighted by Gasteiger charge is 2.13.